The van der Waals surface area contributed by atoms with Gasteiger partial charge in [0.2, 0.25) is 5.89 Å². The van der Waals surface area contributed by atoms with Crippen LogP contribution in [0.2, 0.25) is 0 Å². The summed E-state index contributed by atoms with van der Waals surface area (Å²) in [6.45, 7) is 7.31. The minimum atomic E-state index is -0.698. The van der Waals surface area contributed by atoms with Crippen molar-refractivity contribution in [1.29, 1.82) is 0 Å². The number of aliphatic hydroxyl groups excluding tert-OH is 1. The fraction of sp³-hybridized carbons (Fsp3) is 0.333. The van der Waals surface area contributed by atoms with E-state index in [0.29, 0.717) is 31.5 Å². The molecule has 3 N–H and O–H groups in total. The minimum Gasteiger partial charge on any atom is -0.491 e. The van der Waals surface area contributed by atoms with Crippen molar-refractivity contribution in [3.8, 4) is 17.2 Å². The van der Waals surface area contributed by atoms with Crippen molar-refractivity contribution in [3.63, 3.8) is 0 Å². The lowest BCUT2D eigenvalue weighted by atomic mass is 10.1. The van der Waals surface area contributed by atoms with Crippen LogP contribution in [0.15, 0.2) is 70.3 Å². The SMILES string of the molecule is CCNC(=NCc1coc(-c2ccccc2)n1)NCC(O)c1cccc(OC(C)C)c1. The molecule has 0 saturated heterocycles. The normalized spacial score (nSPS) is 12.6. The van der Waals surface area contributed by atoms with E-state index in [4.69, 9.17) is 9.15 Å². The quantitative estimate of drug-likeness (QED) is 0.358. The lowest BCUT2D eigenvalue weighted by Gasteiger charge is -2.17. The van der Waals surface area contributed by atoms with E-state index in [2.05, 4.69) is 20.6 Å². The van der Waals surface area contributed by atoms with Gasteiger partial charge >= 0.3 is 0 Å². The highest BCUT2D eigenvalue weighted by Gasteiger charge is 2.11. The maximum absolute atomic E-state index is 10.6. The van der Waals surface area contributed by atoms with Crippen LogP contribution in [0.5, 0.6) is 5.75 Å². The summed E-state index contributed by atoms with van der Waals surface area (Å²) in [5.41, 5.74) is 2.44. The van der Waals surface area contributed by atoms with Crippen LogP contribution in [-0.2, 0) is 6.54 Å². The van der Waals surface area contributed by atoms with Gasteiger partial charge in [0, 0.05) is 18.7 Å². The van der Waals surface area contributed by atoms with E-state index in [1.807, 2.05) is 75.4 Å². The number of aromatic nitrogens is 1. The van der Waals surface area contributed by atoms with Crippen LogP contribution in [-0.4, -0.2) is 35.2 Å². The number of oxazole rings is 1. The van der Waals surface area contributed by atoms with Crippen LogP contribution < -0.4 is 15.4 Å². The third kappa shape index (κ3) is 6.86. The molecule has 0 aliphatic carbocycles. The predicted octanol–water partition coefficient (Wildman–Crippen LogP) is 3.92. The van der Waals surface area contributed by atoms with Crippen molar-refractivity contribution in [2.45, 2.75) is 39.5 Å². The second kappa shape index (κ2) is 11.2. The van der Waals surface area contributed by atoms with E-state index in [-0.39, 0.29) is 6.10 Å². The zero-order valence-electron chi connectivity index (χ0n) is 18.2. The summed E-state index contributed by atoms with van der Waals surface area (Å²) < 4.78 is 11.3. The standard InChI is InChI=1S/C24H30N4O3/c1-4-25-24(26-14-20-16-30-23(28-20)18-9-6-5-7-10-18)27-15-22(29)19-11-8-12-21(13-19)31-17(2)3/h5-13,16-17,22,29H,4,14-15H2,1-3H3,(H2,25,26,27). The smallest absolute Gasteiger partial charge is 0.226 e. The first kappa shape index (κ1) is 22.4. The lowest BCUT2D eigenvalue weighted by Crippen LogP contribution is -2.39. The van der Waals surface area contributed by atoms with Gasteiger partial charge in [-0.2, -0.15) is 0 Å². The Morgan fingerprint density at radius 3 is 2.68 bits per heavy atom. The molecule has 1 atom stereocenters. The zero-order valence-corrected chi connectivity index (χ0v) is 18.2. The van der Waals surface area contributed by atoms with Gasteiger partial charge in [-0.05, 0) is 50.6 Å². The molecule has 3 rings (SSSR count). The maximum Gasteiger partial charge on any atom is 0.226 e. The summed E-state index contributed by atoms with van der Waals surface area (Å²) in [6, 6.07) is 17.2. The Balaban J connectivity index is 1.59. The number of aliphatic imine (C=N–C) groups is 1. The molecule has 0 aliphatic heterocycles. The highest BCUT2D eigenvalue weighted by Crippen LogP contribution is 2.20. The van der Waals surface area contributed by atoms with E-state index >= 15 is 0 Å². The average molecular weight is 423 g/mol. The summed E-state index contributed by atoms with van der Waals surface area (Å²) in [5.74, 6) is 1.91. The van der Waals surface area contributed by atoms with Gasteiger partial charge in [0.05, 0.1) is 18.8 Å². The van der Waals surface area contributed by atoms with Gasteiger partial charge in [-0.15, -0.1) is 0 Å². The molecule has 7 nitrogen and oxygen atoms in total. The highest BCUT2D eigenvalue weighted by atomic mass is 16.5. The van der Waals surface area contributed by atoms with Gasteiger partial charge in [-0.25, -0.2) is 9.98 Å². The molecule has 0 amide bonds. The average Bonchev–Trinajstić information content (AvgIpc) is 3.25. The van der Waals surface area contributed by atoms with E-state index in [1.54, 1.807) is 6.26 Å². The second-order valence-corrected chi connectivity index (χ2v) is 7.34. The number of nitrogens with one attached hydrogen (secondary N) is 2. The molecular weight excluding hydrogens is 392 g/mol. The fourth-order valence-corrected chi connectivity index (χ4v) is 2.97. The van der Waals surface area contributed by atoms with Gasteiger partial charge in [-0.3, -0.25) is 0 Å². The van der Waals surface area contributed by atoms with Crippen LogP contribution in [0.25, 0.3) is 11.5 Å². The Morgan fingerprint density at radius 1 is 1.13 bits per heavy atom. The molecule has 0 radical (unpaired) electrons. The lowest BCUT2D eigenvalue weighted by molar-refractivity contribution is 0.179. The van der Waals surface area contributed by atoms with Crippen LogP contribution in [0.4, 0.5) is 0 Å². The molecule has 2 aromatic carbocycles. The van der Waals surface area contributed by atoms with Crippen LogP contribution in [0, 0.1) is 0 Å². The topological polar surface area (TPSA) is 91.9 Å². The number of aliphatic hydroxyl groups is 1. The van der Waals surface area contributed by atoms with E-state index in [9.17, 15) is 5.11 Å². The van der Waals surface area contributed by atoms with Gasteiger partial charge < -0.3 is 24.9 Å². The summed E-state index contributed by atoms with van der Waals surface area (Å²) in [4.78, 5) is 9.05. The molecule has 164 valence electrons. The van der Waals surface area contributed by atoms with Crippen molar-refractivity contribution >= 4 is 5.96 Å². The molecule has 7 heteroatoms. The summed E-state index contributed by atoms with van der Waals surface area (Å²) >= 11 is 0. The van der Waals surface area contributed by atoms with Gasteiger partial charge in [0.25, 0.3) is 0 Å². The highest BCUT2D eigenvalue weighted by molar-refractivity contribution is 5.79. The number of guanidine groups is 1. The summed E-state index contributed by atoms with van der Waals surface area (Å²) in [6.07, 6.45) is 0.998. The molecule has 0 aliphatic rings. The van der Waals surface area contributed by atoms with Crippen molar-refractivity contribution in [2.75, 3.05) is 13.1 Å². The monoisotopic (exact) mass is 422 g/mol. The summed E-state index contributed by atoms with van der Waals surface area (Å²) in [7, 11) is 0. The fourth-order valence-electron chi connectivity index (χ4n) is 2.97. The number of nitrogens with zero attached hydrogens (tertiary/aromatic N) is 2. The minimum absolute atomic E-state index is 0.0805. The maximum atomic E-state index is 10.6. The number of rotatable bonds is 9. The third-order valence-corrected chi connectivity index (χ3v) is 4.39. The van der Waals surface area contributed by atoms with Crippen LogP contribution in [0.1, 0.15) is 38.1 Å². The first-order valence-electron chi connectivity index (χ1n) is 10.5. The Labute approximate surface area is 183 Å². The van der Waals surface area contributed by atoms with E-state index in [0.717, 1.165) is 22.6 Å². The number of benzene rings is 2. The Bertz CT molecular complexity index is 970. The molecule has 1 unspecified atom stereocenters. The van der Waals surface area contributed by atoms with Gasteiger partial charge in [-0.1, -0.05) is 30.3 Å². The molecule has 0 fully saturated rings. The molecular formula is C24H30N4O3. The Hall–Kier alpha value is -3.32. The molecule has 1 aromatic heterocycles. The third-order valence-electron chi connectivity index (χ3n) is 4.39. The first-order valence-corrected chi connectivity index (χ1v) is 10.5. The number of hydrogen-bond donors (Lipinski definition) is 3. The molecule has 31 heavy (non-hydrogen) atoms. The van der Waals surface area contributed by atoms with Gasteiger partial charge in [0.1, 0.15) is 17.7 Å². The van der Waals surface area contributed by atoms with Crippen molar-refractivity contribution in [1.82, 2.24) is 15.6 Å². The van der Waals surface area contributed by atoms with Crippen molar-refractivity contribution < 1.29 is 14.3 Å². The Kier molecular flexibility index (Phi) is 8.06. The largest absolute Gasteiger partial charge is 0.491 e. The summed E-state index contributed by atoms with van der Waals surface area (Å²) in [5, 5.41) is 16.9. The van der Waals surface area contributed by atoms with Gasteiger partial charge in [0.15, 0.2) is 5.96 Å². The van der Waals surface area contributed by atoms with Crippen molar-refractivity contribution in [3.05, 3.63) is 72.1 Å². The Morgan fingerprint density at radius 2 is 1.94 bits per heavy atom. The number of hydrogen-bond acceptors (Lipinski definition) is 5. The van der Waals surface area contributed by atoms with Crippen LogP contribution >= 0.6 is 0 Å². The predicted molar refractivity (Wildman–Crippen MR) is 122 cm³/mol. The first-order chi connectivity index (χ1) is 15.0. The van der Waals surface area contributed by atoms with Crippen LogP contribution in [0.3, 0.4) is 0 Å². The molecule has 0 bridgehead atoms. The molecule has 0 spiro atoms. The van der Waals surface area contributed by atoms with Crippen molar-refractivity contribution in [2.24, 2.45) is 4.99 Å². The number of ether oxygens (including phenoxy) is 1. The second-order valence-electron chi connectivity index (χ2n) is 7.34. The van der Waals surface area contributed by atoms with E-state index < -0.39 is 6.10 Å². The zero-order chi connectivity index (χ0) is 22.1. The van der Waals surface area contributed by atoms with E-state index in [1.165, 1.54) is 0 Å². The molecule has 0 saturated carbocycles. The molecule has 1 heterocycles. The molecule has 3 aromatic rings.